The van der Waals surface area contributed by atoms with Crippen LogP contribution in [0.3, 0.4) is 0 Å². The second kappa shape index (κ2) is 8.13. The lowest BCUT2D eigenvalue weighted by Gasteiger charge is -2.19. The summed E-state index contributed by atoms with van der Waals surface area (Å²) < 4.78 is 33.5. The summed E-state index contributed by atoms with van der Waals surface area (Å²) in [5, 5.41) is 2.09. The van der Waals surface area contributed by atoms with Gasteiger partial charge in [-0.05, 0) is 52.6 Å². The lowest BCUT2D eigenvalue weighted by Crippen LogP contribution is -2.29. The van der Waals surface area contributed by atoms with Gasteiger partial charge in [0.1, 0.15) is 6.61 Å². The molecule has 6 heteroatoms. The maximum absolute atomic E-state index is 13.3. The van der Waals surface area contributed by atoms with E-state index in [4.69, 9.17) is 4.74 Å². The summed E-state index contributed by atoms with van der Waals surface area (Å²) in [4.78, 5) is 12.8. The third kappa shape index (κ3) is 3.63. The Balaban J connectivity index is 1.37. The molecule has 0 saturated heterocycles. The number of fused-ring (bicyclic) bond motifs is 2. The van der Waals surface area contributed by atoms with Gasteiger partial charge >= 0.3 is 5.97 Å². The number of esters is 1. The molecule has 0 fully saturated rings. The van der Waals surface area contributed by atoms with Gasteiger partial charge in [-0.3, -0.25) is 4.31 Å². The molecule has 0 aliphatic carbocycles. The summed E-state index contributed by atoms with van der Waals surface area (Å²) in [5.41, 5.74) is 2.80. The summed E-state index contributed by atoms with van der Waals surface area (Å²) >= 11 is 0. The molecule has 0 amide bonds. The molecule has 4 aromatic carbocycles. The minimum atomic E-state index is -3.78. The Kier molecular flexibility index (Phi) is 5.15. The van der Waals surface area contributed by atoms with E-state index in [0.717, 1.165) is 21.9 Å². The molecule has 5 nitrogen and oxygen atoms in total. The highest BCUT2D eigenvalue weighted by molar-refractivity contribution is 7.92. The number of hydrogen-bond acceptors (Lipinski definition) is 4. The Morgan fingerprint density at radius 1 is 0.875 bits per heavy atom. The van der Waals surface area contributed by atoms with Crippen LogP contribution in [-0.4, -0.2) is 20.9 Å². The van der Waals surface area contributed by atoms with E-state index >= 15 is 0 Å². The molecule has 0 spiro atoms. The first kappa shape index (κ1) is 20.3. The van der Waals surface area contributed by atoms with Crippen molar-refractivity contribution in [3.8, 4) is 0 Å². The van der Waals surface area contributed by atoms with Gasteiger partial charge in [0.05, 0.1) is 16.1 Å². The molecule has 1 aliphatic rings. The van der Waals surface area contributed by atoms with Crippen LogP contribution >= 0.6 is 0 Å². The number of nitrogens with zero attached hydrogens (tertiary/aromatic N) is 1. The van der Waals surface area contributed by atoms with Crippen LogP contribution in [0.1, 0.15) is 21.5 Å². The van der Waals surface area contributed by atoms with Gasteiger partial charge in [-0.1, -0.05) is 66.7 Å². The van der Waals surface area contributed by atoms with Crippen LogP contribution in [0.15, 0.2) is 95.9 Å². The zero-order chi connectivity index (χ0) is 22.1. The SMILES string of the molecule is O=C(OCc1cccc2ccccc12)c1cccc(S(=O)(=O)N2CCc3ccccc32)c1. The Morgan fingerprint density at radius 3 is 2.53 bits per heavy atom. The molecule has 0 aromatic heterocycles. The van der Waals surface area contributed by atoms with E-state index in [-0.39, 0.29) is 17.1 Å². The van der Waals surface area contributed by atoms with Crippen molar-refractivity contribution in [1.82, 2.24) is 0 Å². The summed E-state index contributed by atoms with van der Waals surface area (Å²) in [5.74, 6) is -0.559. The van der Waals surface area contributed by atoms with Gasteiger partial charge in [0.2, 0.25) is 0 Å². The second-order valence-electron chi connectivity index (χ2n) is 7.70. The fourth-order valence-electron chi connectivity index (χ4n) is 4.11. The number of benzene rings is 4. The third-order valence-electron chi connectivity index (χ3n) is 5.74. The van der Waals surface area contributed by atoms with E-state index in [1.54, 1.807) is 12.1 Å². The topological polar surface area (TPSA) is 63.7 Å². The Hall–Kier alpha value is -3.64. The van der Waals surface area contributed by atoms with Crippen molar-refractivity contribution in [2.75, 3.05) is 10.8 Å². The maximum atomic E-state index is 13.3. The van der Waals surface area contributed by atoms with Gasteiger partial charge in [-0.15, -0.1) is 0 Å². The average Bonchev–Trinajstić information content (AvgIpc) is 3.28. The molecule has 5 rings (SSSR count). The smallest absolute Gasteiger partial charge is 0.338 e. The van der Waals surface area contributed by atoms with E-state index in [2.05, 4.69) is 0 Å². The van der Waals surface area contributed by atoms with E-state index < -0.39 is 16.0 Å². The minimum absolute atomic E-state index is 0.0776. The van der Waals surface area contributed by atoms with Crippen molar-refractivity contribution in [2.24, 2.45) is 0 Å². The zero-order valence-electron chi connectivity index (χ0n) is 17.3. The molecule has 160 valence electrons. The van der Waals surface area contributed by atoms with Crippen molar-refractivity contribution < 1.29 is 17.9 Å². The standard InChI is InChI=1S/C26H21NO4S/c28-26(31-18-22-11-5-9-19-7-1-3-13-24(19)22)21-10-6-12-23(17-21)32(29,30)27-16-15-20-8-2-4-14-25(20)27/h1-14,17H,15-16,18H2. The van der Waals surface area contributed by atoms with Gasteiger partial charge < -0.3 is 4.74 Å². The quantitative estimate of drug-likeness (QED) is 0.410. The number of rotatable bonds is 5. The first-order valence-electron chi connectivity index (χ1n) is 10.4. The number of carbonyl (C=O) groups excluding carboxylic acids is 1. The largest absolute Gasteiger partial charge is 0.457 e. The summed E-state index contributed by atoms with van der Waals surface area (Å²) in [7, 11) is -3.78. The number of anilines is 1. The Morgan fingerprint density at radius 2 is 1.62 bits per heavy atom. The van der Waals surface area contributed by atoms with Crippen LogP contribution in [0.5, 0.6) is 0 Å². The first-order valence-corrected chi connectivity index (χ1v) is 11.8. The van der Waals surface area contributed by atoms with E-state index in [9.17, 15) is 13.2 Å². The maximum Gasteiger partial charge on any atom is 0.338 e. The van der Waals surface area contributed by atoms with Crippen molar-refractivity contribution >= 4 is 32.5 Å². The summed E-state index contributed by atoms with van der Waals surface area (Å²) in [6.45, 7) is 0.494. The van der Waals surface area contributed by atoms with Crippen LogP contribution in [0, 0.1) is 0 Å². The van der Waals surface area contributed by atoms with Gasteiger partial charge in [0, 0.05) is 6.54 Å². The highest BCUT2D eigenvalue weighted by atomic mass is 32.2. The van der Waals surface area contributed by atoms with Crippen LogP contribution < -0.4 is 4.31 Å². The second-order valence-corrected chi connectivity index (χ2v) is 9.56. The third-order valence-corrected chi connectivity index (χ3v) is 7.55. The average molecular weight is 444 g/mol. The molecule has 4 aromatic rings. The van der Waals surface area contributed by atoms with E-state index in [1.807, 2.05) is 66.7 Å². The molecule has 32 heavy (non-hydrogen) atoms. The molecular formula is C26H21NO4S. The molecule has 0 bridgehead atoms. The molecule has 0 saturated carbocycles. The minimum Gasteiger partial charge on any atom is -0.457 e. The predicted octanol–water partition coefficient (Wildman–Crippen LogP) is 4.95. The van der Waals surface area contributed by atoms with Crippen molar-refractivity contribution in [2.45, 2.75) is 17.9 Å². The molecule has 0 atom stereocenters. The number of sulfonamides is 1. The highest BCUT2D eigenvalue weighted by Crippen LogP contribution is 2.32. The highest BCUT2D eigenvalue weighted by Gasteiger charge is 2.31. The molecular weight excluding hydrogens is 422 g/mol. The van der Waals surface area contributed by atoms with Crippen LogP contribution in [0.2, 0.25) is 0 Å². The van der Waals surface area contributed by atoms with Gasteiger partial charge in [0.25, 0.3) is 10.0 Å². The normalized spacial score (nSPS) is 13.2. The van der Waals surface area contributed by atoms with Crippen molar-refractivity contribution in [3.63, 3.8) is 0 Å². The van der Waals surface area contributed by atoms with Crippen molar-refractivity contribution in [1.29, 1.82) is 0 Å². The summed E-state index contributed by atoms with van der Waals surface area (Å²) in [6, 6.07) is 27.3. The van der Waals surface area contributed by atoms with Crippen molar-refractivity contribution in [3.05, 3.63) is 108 Å². The number of hydrogen-bond donors (Lipinski definition) is 0. The fraction of sp³-hybridized carbons (Fsp3) is 0.115. The molecule has 0 unspecified atom stereocenters. The lowest BCUT2D eigenvalue weighted by molar-refractivity contribution is 0.0474. The number of para-hydroxylation sites is 1. The van der Waals surface area contributed by atoms with Gasteiger partial charge in [0.15, 0.2) is 0 Å². The Bertz CT molecular complexity index is 1420. The summed E-state index contributed by atoms with van der Waals surface area (Å²) in [6.07, 6.45) is 0.669. The molecule has 1 heterocycles. The number of carbonyl (C=O) groups is 1. The number of ether oxygens (including phenoxy) is 1. The monoisotopic (exact) mass is 443 g/mol. The predicted molar refractivity (Wildman–Crippen MR) is 124 cm³/mol. The Labute approximate surface area is 186 Å². The zero-order valence-corrected chi connectivity index (χ0v) is 18.1. The van der Waals surface area contributed by atoms with E-state index in [1.165, 1.54) is 16.4 Å². The lowest BCUT2D eigenvalue weighted by atomic mass is 10.1. The van der Waals surface area contributed by atoms with Gasteiger partial charge in [-0.25, -0.2) is 13.2 Å². The first-order chi connectivity index (χ1) is 15.5. The van der Waals surface area contributed by atoms with Gasteiger partial charge in [-0.2, -0.15) is 0 Å². The fourth-order valence-corrected chi connectivity index (χ4v) is 5.66. The van der Waals surface area contributed by atoms with Crippen LogP contribution in [-0.2, 0) is 27.8 Å². The van der Waals surface area contributed by atoms with Crippen LogP contribution in [0.25, 0.3) is 10.8 Å². The molecule has 1 aliphatic heterocycles. The van der Waals surface area contributed by atoms with Crippen LogP contribution in [0.4, 0.5) is 5.69 Å². The molecule has 0 N–H and O–H groups in total. The van der Waals surface area contributed by atoms with E-state index in [0.29, 0.717) is 18.7 Å². The molecule has 0 radical (unpaired) electrons.